The Morgan fingerprint density at radius 1 is 1.19 bits per heavy atom. The van der Waals surface area contributed by atoms with Gasteiger partial charge in [0.05, 0.1) is 6.04 Å². The maximum absolute atomic E-state index is 12.2. The first-order valence-corrected chi connectivity index (χ1v) is 4.91. The van der Waals surface area contributed by atoms with Crippen LogP contribution in [0.4, 0.5) is 20.2 Å². The van der Waals surface area contributed by atoms with Crippen molar-refractivity contribution in [1.29, 1.82) is 0 Å². The van der Waals surface area contributed by atoms with E-state index in [9.17, 15) is 13.6 Å². The van der Waals surface area contributed by atoms with Crippen LogP contribution < -0.4 is 10.6 Å². The smallest absolute Gasteiger partial charge is 0.258 e. The summed E-state index contributed by atoms with van der Waals surface area (Å²) in [5, 5.41) is 5.25. The average molecular weight is 228 g/mol. The van der Waals surface area contributed by atoms with Crippen molar-refractivity contribution in [2.75, 3.05) is 10.6 Å². The normalized spacial score (nSPS) is 12.3. The summed E-state index contributed by atoms with van der Waals surface area (Å²) in [6, 6.07) is 5.70. The molecule has 1 atom stereocenters. The van der Waals surface area contributed by atoms with Gasteiger partial charge in [0, 0.05) is 18.3 Å². The number of alkyl halides is 2. The number of anilines is 2. The van der Waals surface area contributed by atoms with Crippen LogP contribution in [0.15, 0.2) is 24.3 Å². The standard InChI is InChI=1S/C11H14F2N2O/c1-7(11(12)13)14-9-3-5-10(6-4-9)15-8(2)16/h3-7,11,14H,1-2H3,(H,15,16). The van der Waals surface area contributed by atoms with Crippen molar-refractivity contribution in [1.82, 2.24) is 0 Å². The second-order valence-corrected chi connectivity index (χ2v) is 3.53. The van der Waals surface area contributed by atoms with E-state index in [2.05, 4.69) is 10.6 Å². The topological polar surface area (TPSA) is 41.1 Å². The number of nitrogens with one attached hydrogen (secondary N) is 2. The molecule has 0 heterocycles. The van der Waals surface area contributed by atoms with E-state index in [0.717, 1.165) is 0 Å². The van der Waals surface area contributed by atoms with Gasteiger partial charge in [-0.1, -0.05) is 0 Å². The van der Waals surface area contributed by atoms with Crippen LogP contribution in [0.3, 0.4) is 0 Å². The van der Waals surface area contributed by atoms with Crippen molar-refractivity contribution in [3.8, 4) is 0 Å². The van der Waals surface area contributed by atoms with Gasteiger partial charge >= 0.3 is 0 Å². The quantitative estimate of drug-likeness (QED) is 0.831. The summed E-state index contributed by atoms with van der Waals surface area (Å²) in [6.07, 6.45) is -2.41. The van der Waals surface area contributed by atoms with Gasteiger partial charge in [-0.15, -0.1) is 0 Å². The number of rotatable bonds is 4. The maximum Gasteiger partial charge on any atom is 0.258 e. The van der Waals surface area contributed by atoms with Crippen molar-refractivity contribution in [2.24, 2.45) is 0 Å². The molecule has 0 aliphatic rings. The van der Waals surface area contributed by atoms with Gasteiger partial charge in [-0.3, -0.25) is 4.79 Å². The molecule has 0 aromatic heterocycles. The summed E-state index contributed by atoms with van der Waals surface area (Å²) >= 11 is 0. The zero-order valence-electron chi connectivity index (χ0n) is 9.13. The predicted molar refractivity (Wildman–Crippen MR) is 59.8 cm³/mol. The molecule has 0 aliphatic heterocycles. The van der Waals surface area contributed by atoms with Gasteiger partial charge in [0.2, 0.25) is 5.91 Å². The second kappa shape index (κ2) is 5.44. The fourth-order valence-corrected chi connectivity index (χ4v) is 1.18. The van der Waals surface area contributed by atoms with Gasteiger partial charge in [-0.2, -0.15) is 0 Å². The van der Waals surface area contributed by atoms with E-state index >= 15 is 0 Å². The van der Waals surface area contributed by atoms with E-state index in [0.29, 0.717) is 11.4 Å². The summed E-state index contributed by atoms with van der Waals surface area (Å²) in [4.78, 5) is 10.7. The molecule has 88 valence electrons. The van der Waals surface area contributed by atoms with Gasteiger partial charge in [-0.25, -0.2) is 8.78 Å². The third-order valence-electron chi connectivity index (χ3n) is 1.98. The first kappa shape index (κ1) is 12.4. The molecule has 0 saturated carbocycles. The Balaban J connectivity index is 2.61. The average Bonchev–Trinajstić information content (AvgIpc) is 2.20. The molecule has 1 rings (SSSR count). The number of halogens is 2. The Morgan fingerprint density at radius 3 is 2.12 bits per heavy atom. The summed E-state index contributed by atoms with van der Waals surface area (Å²) in [5.41, 5.74) is 1.24. The number of hydrogen-bond donors (Lipinski definition) is 2. The number of carbonyl (C=O) groups excluding carboxylic acids is 1. The summed E-state index contributed by atoms with van der Waals surface area (Å²) in [6.45, 7) is 2.82. The summed E-state index contributed by atoms with van der Waals surface area (Å²) in [7, 11) is 0. The number of benzene rings is 1. The highest BCUT2D eigenvalue weighted by molar-refractivity contribution is 5.88. The van der Waals surface area contributed by atoms with Crippen LogP contribution in [0.5, 0.6) is 0 Å². The first-order valence-electron chi connectivity index (χ1n) is 4.91. The van der Waals surface area contributed by atoms with E-state index in [-0.39, 0.29) is 5.91 Å². The van der Waals surface area contributed by atoms with E-state index in [1.807, 2.05) is 0 Å². The molecule has 5 heteroatoms. The van der Waals surface area contributed by atoms with Crippen LogP contribution in [0.2, 0.25) is 0 Å². The minimum atomic E-state index is -2.41. The van der Waals surface area contributed by atoms with Crippen LogP contribution in [0.1, 0.15) is 13.8 Å². The number of amides is 1. The molecular formula is C11H14F2N2O. The van der Waals surface area contributed by atoms with Crippen molar-refractivity contribution in [3.63, 3.8) is 0 Å². The Bertz CT molecular complexity index is 352. The van der Waals surface area contributed by atoms with E-state index in [1.165, 1.54) is 13.8 Å². The van der Waals surface area contributed by atoms with Gasteiger partial charge in [-0.05, 0) is 31.2 Å². The van der Waals surface area contributed by atoms with Crippen LogP contribution in [0.25, 0.3) is 0 Å². The molecule has 0 saturated heterocycles. The Kier molecular flexibility index (Phi) is 4.22. The molecule has 1 aromatic rings. The third-order valence-corrected chi connectivity index (χ3v) is 1.98. The highest BCUT2D eigenvalue weighted by Gasteiger charge is 2.13. The van der Waals surface area contributed by atoms with Crippen molar-refractivity contribution < 1.29 is 13.6 Å². The fourth-order valence-electron chi connectivity index (χ4n) is 1.18. The van der Waals surface area contributed by atoms with Gasteiger partial charge in [0.25, 0.3) is 6.43 Å². The minimum absolute atomic E-state index is 0.165. The lowest BCUT2D eigenvalue weighted by Gasteiger charge is -2.14. The lowest BCUT2D eigenvalue weighted by atomic mass is 10.2. The lowest BCUT2D eigenvalue weighted by molar-refractivity contribution is -0.114. The molecule has 3 nitrogen and oxygen atoms in total. The molecule has 2 N–H and O–H groups in total. The molecule has 1 amide bonds. The molecule has 1 aromatic carbocycles. The zero-order valence-corrected chi connectivity index (χ0v) is 9.13. The highest BCUT2D eigenvalue weighted by Crippen LogP contribution is 2.15. The van der Waals surface area contributed by atoms with Crippen molar-refractivity contribution in [2.45, 2.75) is 26.3 Å². The zero-order chi connectivity index (χ0) is 12.1. The molecule has 0 bridgehead atoms. The molecule has 0 radical (unpaired) electrons. The number of carbonyl (C=O) groups is 1. The Labute approximate surface area is 92.8 Å². The largest absolute Gasteiger partial charge is 0.377 e. The van der Waals surface area contributed by atoms with E-state index < -0.39 is 12.5 Å². The molecule has 0 spiro atoms. The van der Waals surface area contributed by atoms with E-state index in [4.69, 9.17) is 0 Å². The Hall–Kier alpha value is -1.65. The second-order valence-electron chi connectivity index (χ2n) is 3.53. The van der Waals surface area contributed by atoms with Crippen LogP contribution in [-0.4, -0.2) is 18.4 Å². The van der Waals surface area contributed by atoms with Crippen molar-refractivity contribution >= 4 is 17.3 Å². The maximum atomic E-state index is 12.2. The van der Waals surface area contributed by atoms with Gasteiger partial charge in [0.1, 0.15) is 0 Å². The fraction of sp³-hybridized carbons (Fsp3) is 0.364. The highest BCUT2D eigenvalue weighted by atomic mass is 19.3. The molecule has 16 heavy (non-hydrogen) atoms. The van der Waals surface area contributed by atoms with Crippen LogP contribution >= 0.6 is 0 Å². The molecule has 0 aliphatic carbocycles. The van der Waals surface area contributed by atoms with Crippen LogP contribution in [0, 0.1) is 0 Å². The monoisotopic (exact) mass is 228 g/mol. The lowest BCUT2D eigenvalue weighted by Crippen LogP contribution is -2.23. The number of hydrogen-bond acceptors (Lipinski definition) is 2. The Morgan fingerprint density at radius 2 is 1.69 bits per heavy atom. The molecule has 1 unspecified atom stereocenters. The third kappa shape index (κ3) is 3.84. The molecular weight excluding hydrogens is 214 g/mol. The minimum Gasteiger partial charge on any atom is -0.377 e. The summed E-state index contributed by atoms with van der Waals surface area (Å²) in [5.74, 6) is -0.165. The van der Waals surface area contributed by atoms with Crippen LogP contribution in [-0.2, 0) is 4.79 Å². The van der Waals surface area contributed by atoms with Gasteiger partial charge < -0.3 is 10.6 Å². The van der Waals surface area contributed by atoms with E-state index in [1.54, 1.807) is 24.3 Å². The predicted octanol–water partition coefficient (Wildman–Crippen LogP) is 2.71. The first-order chi connectivity index (χ1) is 7.49. The van der Waals surface area contributed by atoms with Crippen molar-refractivity contribution in [3.05, 3.63) is 24.3 Å². The molecule has 0 fully saturated rings. The van der Waals surface area contributed by atoms with Gasteiger partial charge in [0.15, 0.2) is 0 Å². The summed E-state index contributed by atoms with van der Waals surface area (Å²) < 4.78 is 24.5. The SMILES string of the molecule is CC(=O)Nc1ccc(NC(C)C(F)F)cc1.